The molecule has 1 aliphatic carbocycles. The molecule has 27 heavy (non-hydrogen) atoms. The van der Waals surface area contributed by atoms with Crippen molar-refractivity contribution < 1.29 is 19.1 Å². The van der Waals surface area contributed by atoms with Gasteiger partial charge in [-0.05, 0) is 38.3 Å². The summed E-state index contributed by atoms with van der Waals surface area (Å²) in [4.78, 5) is 25.2. The largest absolute Gasteiger partial charge is 0.513 e. The maximum absolute atomic E-state index is 12.9. The van der Waals surface area contributed by atoms with Gasteiger partial charge in [0.2, 0.25) is 0 Å². The number of carbonyl (C=O) groups is 2. The fourth-order valence-electron chi connectivity index (χ4n) is 3.63. The van der Waals surface area contributed by atoms with Crippen molar-refractivity contribution in [2.75, 3.05) is 0 Å². The highest BCUT2D eigenvalue weighted by Gasteiger charge is 2.49. The molecule has 1 heterocycles. The molecule has 7 heteroatoms. The Morgan fingerprint density at radius 3 is 2.59 bits per heavy atom. The first kappa shape index (κ1) is 20.0. The zero-order valence-electron chi connectivity index (χ0n) is 15.4. The summed E-state index contributed by atoms with van der Waals surface area (Å²) in [5.74, 6) is 0.0113. The minimum absolute atomic E-state index is 0.270. The van der Waals surface area contributed by atoms with Gasteiger partial charge in [-0.1, -0.05) is 55.5 Å². The van der Waals surface area contributed by atoms with E-state index in [2.05, 4.69) is 5.32 Å². The van der Waals surface area contributed by atoms with Gasteiger partial charge in [-0.25, -0.2) is 4.79 Å². The average molecular weight is 412 g/mol. The zero-order chi connectivity index (χ0) is 19.6. The van der Waals surface area contributed by atoms with E-state index in [0.29, 0.717) is 40.6 Å². The van der Waals surface area contributed by atoms with Crippen LogP contribution in [0.15, 0.2) is 24.0 Å². The van der Waals surface area contributed by atoms with E-state index < -0.39 is 11.7 Å². The Balaban J connectivity index is 2.05. The third-order valence-electron chi connectivity index (χ3n) is 5.21. The SMILES string of the molecule is CCC(C)OC(=O)OC1=C(c2ccc(Cl)cc2Cl)C(=O)NC12CCCCC2. The fraction of sp³-hybridized carbons (Fsp3) is 0.500. The van der Waals surface area contributed by atoms with E-state index in [-0.39, 0.29) is 17.6 Å². The molecule has 0 radical (unpaired) electrons. The Labute approximate surface area is 169 Å². The molecule has 1 fully saturated rings. The van der Waals surface area contributed by atoms with Gasteiger partial charge in [-0.15, -0.1) is 0 Å². The lowest BCUT2D eigenvalue weighted by Crippen LogP contribution is -2.47. The second kappa shape index (κ2) is 8.11. The van der Waals surface area contributed by atoms with Crippen LogP contribution in [0.4, 0.5) is 4.79 Å². The molecule has 1 unspecified atom stereocenters. The molecule has 1 aromatic carbocycles. The van der Waals surface area contributed by atoms with E-state index in [9.17, 15) is 9.59 Å². The van der Waals surface area contributed by atoms with Gasteiger partial charge < -0.3 is 14.8 Å². The lowest BCUT2D eigenvalue weighted by Gasteiger charge is -2.34. The number of hydrogen-bond donors (Lipinski definition) is 1. The van der Waals surface area contributed by atoms with E-state index in [1.165, 1.54) is 0 Å². The molecule has 0 saturated heterocycles. The van der Waals surface area contributed by atoms with Crippen LogP contribution in [0.1, 0.15) is 57.9 Å². The summed E-state index contributed by atoms with van der Waals surface area (Å²) in [7, 11) is 0. The normalized spacial score (nSPS) is 19.8. The molecule has 2 aliphatic rings. The first-order valence-electron chi connectivity index (χ1n) is 9.27. The molecular weight excluding hydrogens is 389 g/mol. The molecule has 146 valence electrons. The molecule has 1 aromatic rings. The Bertz CT molecular complexity index is 784. The maximum atomic E-state index is 12.9. The summed E-state index contributed by atoms with van der Waals surface area (Å²) in [6, 6.07) is 4.90. The van der Waals surface area contributed by atoms with Crippen molar-refractivity contribution in [1.82, 2.24) is 5.32 Å². The Morgan fingerprint density at radius 1 is 1.26 bits per heavy atom. The van der Waals surface area contributed by atoms with Crippen molar-refractivity contribution in [3.8, 4) is 0 Å². The molecule has 1 aliphatic heterocycles. The highest BCUT2D eigenvalue weighted by atomic mass is 35.5. The van der Waals surface area contributed by atoms with Gasteiger partial charge in [-0.3, -0.25) is 4.79 Å². The van der Waals surface area contributed by atoms with Crippen LogP contribution in [0.2, 0.25) is 10.0 Å². The van der Waals surface area contributed by atoms with Crippen molar-refractivity contribution >= 4 is 40.8 Å². The number of hydrogen-bond acceptors (Lipinski definition) is 4. The number of rotatable bonds is 4. The molecule has 1 atom stereocenters. The second-order valence-electron chi connectivity index (χ2n) is 7.11. The first-order valence-corrected chi connectivity index (χ1v) is 10.0. The van der Waals surface area contributed by atoms with Crippen molar-refractivity contribution in [3.05, 3.63) is 39.6 Å². The summed E-state index contributed by atoms with van der Waals surface area (Å²) < 4.78 is 10.9. The quantitative estimate of drug-likeness (QED) is 0.665. The van der Waals surface area contributed by atoms with Crippen molar-refractivity contribution in [1.29, 1.82) is 0 Å². The molecular formula is C20H23Cl2NO4. The summed E-state index contributed by atoms with van der Waals surface area (Å²) in [5, 5.41) is 3.84. The molecule has 1 saturated carbocycles. The number of nitrogens with one attached hydrogen (secondary N) is 1. The van der Waals surface area contributed by atoms with Crippen LogP contribution in [0.3, 0.4) is 0 Å². The maximum Gasteiger partial charge on any atom is 0.513 e. The van der Waals surface area contributed by atoms with Crippen LogP contribution < -0.4 is 5.32 Å². The lowest BCUT2D eigenvalue weighted by molar-refractivity contribution is -0.116. The Hall–Kier alpha value is -1.72. The molecule has 0 aromatic heterocycles. The fourth-order valence-corrected chi connectivity index (χ4v) is 4.13. The molecule has 3 rings (SSSR count). The van der Waals surface area contributed by atoms with Gasteiger partial charge in [0.25, 0.3) is 5.91 Å². The lowest BCUT2D eigenvalue weighted by atomic mass is 9.80. The average Bonchev–Trinajstić information content (AvgIpc) is 2.87. The minimum Gasteiger partial charge on any atom is -0.431 e. The predicted molar refractivity (Wildman–Crippen MR) is 105 cm³/mol. The van der Waals surface area contributed by atoms with Crippen molar-refractivity contribution in [2.45, 2.75) is 64.0 Å². The number of amides is 1. The summed E-state index contributed by atoms with van der Waals surface area (Å²) >= 11 is 12.3. The van der Waals surface area contributed by atoms with E-state index in [1.807, 2.05) is 6.92 Å². The van der Waals surface area contributed by atoms with Crippen LogP contribution >= 0.6 is 23.2 Å². The van der Waals surface area contributed by atoms with Crippen LogP contribution in [0.25, 0.3) is 5.57 Å². The molecule has 5 nitrogen and oxygen atoms in total. The Kier molecular flexibility index (Phi) is 6.02. The summed E-state index contributed by atoms with van der Waals surface area (Å²) in [6.07, 6.45) is 3.98. The van der Waals surface area contributed by atoms with Gasteiger partial charge in [0.15, 0.2) is 5.76 Å². The van der Waals surface area contributed by atoms with Crippen LogP contribution in [-0.2, 0) is 14.3 Å². The molecule has 1 N–H and O–H groups in total. The van der Waals surface area contributed by atoms with Gasteiger partial charge in [0, 0.05) is 10.6 Å². The third-order valence-corrected chi connectivity index (χ3v) is 5.75. The van der Waals surface area contributed by atoms with Crippen molar-refractivity contribution in [2.24, 2.45) is 0 Å². The van der Waals surface area contributed by atoms with E-state index >= 15 is 0 Å². The Morgan fingerprint density at radius 2 is 1.96 bits per heavy atom. The van der Waals surface area contributed by atoms with Crippen LogP contribution in [0.5, 0.6) is 0 Å². The number of carbonyl (C=O) groups excluding carboxylic acids is 2. The minimum atomic E-state index is -0.802. The topological polar surface area (TPSA) is 64.6 Å². The van der Waals surface area contributed by atoms with E-state index in [1.54, 1.807) is 25.1 Å². The summed E-state index contributed by atoms with van der Waals surface area (Å²) in [6.45, 7) is 3.71. The predicted octanol–water partition coefficient (Wildman–Crippen LogP) is 5.49. The highest BCUT2D eigenvalue weighted by Crippen LogP contribution is 2.44. The van der Waals surface area contributed by atoms with E-state index in [0.717, 1.165) is 19.3 Å². The number of halogens is 2. The van der Waals surface area contributed by atoms with Gasteiger partial charge >= 0.3 is 6.16 Å². The number of benzene rings is 1. The third kappa shape index (κ3) is 4.09. The molecule has 1 spiro atoms. The van der Waals surface area contributed by atoms with E-state index in [4.69, 9.17) is 32.7 Å². The van der Waals surface area contributed by atoms with Crippen LogP contribution in [-0.4, -0.2) is 23.7 Å². The van der Waals surface area contributed by atoms with Gasteiger partial charge in [-0.2, -0.15) is 0 Å². The summed E-state index contributed by atoms with van der Waals surface area (Å²) in [5.41, 5.74) is 0.0780. The van der Waals surface area contributed by atoms with Crippen molar-refractivity contribution in [3.63, 3.8) is 0 Å². The second-order valence-corrected chi connectivity index (χ2v) is 7.96. The standard InChI is InChI=1S/C20H23Cl2NO4/c1-3-12(2)26-19(25)27-17-16(14-8-7-13(21)11-15(14)22)18(24)23-20(17)9-5-4-6-10-20/h7-8,11-12H,3-6,9-10H2,1-2H3,(H,23,24). The zero-order valence-corrected chi connectivity index (χ0v) is 17.0. The number of ether oxygens (including phenoxy) is 2. The monoisotopic (exact) mass is 411 g/mol. The van der Waals surface area contributed by atoms with Gasteiger partial charge in [0.1, 0.15) is 6.10 Å². The van der Waals surface area contributed by atoms with Crippen LogP contribution in [0, 0.1) is 0 Å². The molecule has 1 amide bonds. The first-order chi connectivity index (χ1) is 12.9. The smallest absolute Gasteiger partial charge is 0.431 e. The highest BCUT2D eigenvalue weighted by molar-refractivity contribution is 6.38. The molecule has 0 bridgehead atoms. The van der Waals surface area contributed by atoms with Gasteiger partial charge in [0.05, 0.1) is 16.1 Å².